The van der Waals surface area contributed by atoms with Crippen LogP contribution in [0.25, 0.3) is 0 Å². The lowest BCUT2D eigenvalue weighted by atomic mass is 10.0. The Morgan fingerprint density at radius 3 is 1.64 bits per heavy atom. The number of aliphatic hydroxyl groups excluding tert-OH is 3. The zero-order valence-corrected chi connectivity index (χ0v) is 37.4. The topological polar surface area (TPSA) is 236 Å². The van der Waals surface area contributed by atoms with Crippen LogP contribution < -0.4 is 0 Å². The Hall–Kier alpha value is -2.00. The van der Waals surface area contributed by atoms with E-state index in [0.29, 0.717) is 25.7 Å². The van der Waals surface area contributed by atoms with Crippen LogP contribution in [0, 0.1) is 0 Å². The molecule has 1 unspecified atom stereocenters. The predicted octanol–water partition coefficient (Wildman–Crippen LogP) is 8.61. The standard InChI is InChI=1S/C42H76O15P2/c1-3-5-7-9-11-12-13-14-15-16-17-18-19-23-28-32-42(47)57-38(36-56-59(51,52)55-34-37(43)33-54-58(48,49)50)35-53-41(46)31-27-24-20-22-26-30-40(45)39(44)29-25-21-10-8-6-4-2/h11-12,14-15,17-18,21,25,37-40,43-45H,3-10,13,16,19-20,22-24,26-36H2,1-2H3,(H,51,52)(H2,48,49,50)/b12-11-,15-14-,18-17-,25-21-/t37-,38+,39+,40+/m0/s1. The summed E-state index contributed by atoms with van der Waals surface area (Å²) < 4.78 is 47.6. The Morgan fingerprint density at radius 1 is 0.542 bits per heavy atom. The summed E-state index contributed by atoms with van der Waals surface area (Å²) in [6.07, 6.45) is 29.9. The molecule has 0 aromatic carbocycles. The maximum atomic E-state index is 12.6. The molecule has 0 rings (SSSR count). The second-order valence-electron chi connectivity index (χ2n) is 14.6. The number of aliphatic hydroxyl groups is 3. The van der Waals surface area contributed by atoms with Crippen molar-refractivity contribution in [2.75, 3.05) is 26.4 Å². The normalized spacial score (nSPS) is 15.6. The van der Waals surface area contributed by atoms with Crippen LogP contribution in [0.15, 0.2) is 48.6 Å². The number of ether oxygens (including phenoxy) is 2. The van der Waals surface area contributed by atoms with Gasteiger partial charge in [-0.1, -0.05) is 114 Å². The molecule has 0 saturated carbocycles. The van der Waals surface area contributed by atoms with Gasteiger partial charge in [-0.05, 0) is 77.0 Å². The van der Waals surface area contributed by atoms with E-state index in [1.807, 2.05) is 18.2 Å². The van der Waals surface area contributed by atoms with Gasteiger partial charge in [0.15, 0.2) is 6.10 Å². The van der Waals surface area contributed by atoms with Gasteiger partial charge < -0.3 is 39.5 Å². The van der Waals surface area contributed by atoms with Crippen molar-refractivity contribution in [2.45, 2.75) is 180 Å². The highest BCUT2D eigenvalue weighted by Gasteiger charge is 2.28. The maximum Gasteiger partial charge on any atom is 0.472 e. The molecule has 0 aliphatic carbocycles. The van der Waals surface area contributed by atoms with E-state index in [9.17, 15) is 38.9 Å². The molecule has 0 saturated heterocycles. The first-order valence-electron chi connectivity index (χ1n) is 21.5. The molecule has 0 spiro atoms. The van der Waals surface area contributed by atoms with Crippen molar-refractivity contribution in [3.8, 4) is 0 Å². The minimum atomic E-state index is -4.89. The minimum absolute atomic E-state index is 0.0496. The molecule has 0 radical (unpaired) electrons. The summed E-state index contributed by atoms with van der Waals surface area (Å²) in [5, 5.41) is 30.2. The highest BCUT2D eigenvalue weighted by atomic mass is 31.2. The lowest BCUT2D eigenvalue weighted by Crippen LogP contribution is -2.30. The Bertz CT molecular complexity index is 1270. The molecule has 0 aliphatic rings. The number of phosphoric ester groups is 2. The molecule has 0 aromatic heterocycles. The number of unbranched alkanes of at least 4 members (excludes halogenated alkanes) is 12. The van der Waals surface area contributed by atoms with Gasteiger partial charge in [0.2, 0.25) is 0 Å². The van der Waals surface area contributed by atoms with Crippen LogP contribution in [0.5, 0.6) is 0 Å². The number of allylic oxidation sites excluding steroid dienone is 7. The van der Waals surface area contributed by atoms with Crippen molar-refractivity contribution in [1.82, 2.24) is 0 Å². The van der Waals surface area contributed by atoms with E-state index in [2.05, 4.69) is 53.3 Å². The lowest BCUT2D eigenvalue weighted by Gasteiger charge is -2.20. The van der Waals surface area contributed by atoms with Crippen molar-refractivity contribution < 1.29 is 71.8 Å². The minimum Gasteiger partial charge on any atom is -0.462 e. The van der Waals surface area contributed by atoms with Crippen molar-refractivity contribution in [3.63, 3.8) is 0 Å². The molecular weight excluding hydrogens is 806 g/mol. The first kappa shape index (κ1) is 57.0. The monoisotopic (exact) mass is 882 g/mol. The Labute approximate surface area is 353 Å². The van der Waals surface area contributed by atoms with Crippen LogP contribution in [0.2, 0.25) is 0 Å². The number of carbonyl (C=O) groups is 2. The molecule has 344 valence electrons. The summed E-state index contributed by atoms with van der Waals surface area (Å²) in [5.74, 6) is -1.19. The molecule has 15 nitrogen and oxygen atoms in total. The van der Waals surface area contributed by atoms with E-state index >= 15 is 0 Å². The third-order valence-electron chi connectivity index (χ3n) is 8.88. The maximum absolute atomic E-state index is 12.6. The van der Waals surface area contributed by atoms with Gasteiger partial charge in [-0.2, -0.15) is 0 Å². The van der Waals surface area contributed by atoms with Crippen molar-refractivity contribution in [1.29, 1.82) is 0 Å². The highest BCUT2D eigenvalue weighted by Crippen LogP contribution is 2.43. The van der Waals surface area contributed by atoms with E-state index in [4.69, 9.17) is 23.8 Å². The zero-order valence-electron chi connectivity index (χ0n) is 35.6. The molecule has 0 heterocycles. The number of esters is 2. The number of rotatable bonds is 40. The fraction of sp³-hybridized carbons (Fsp3) is 0.762. The summed E-state index contributed by atoms with van der Waals surface area (Å²) >= 11 is 0. The second kappa shape index (κ2) is 37.7. The quantitative estimate of drug-likeness (QED) is 0.0146. The number of hydrogen-bond donors (Lipinski definition) is 6. The largest absolute Gasteiger partial charge is 0.472 e. The molecule has 59 heavy (non-hydrogen) atoms. The lowest BCUT2D eigenvalue weighted by molar-refractivity contribution is -0.161. The summed E-state index contributed by atoms with van der Waals surface area (Å²) in [6.45, 7) is 1.44. The van der Waals surface area contributed by atoms with Crippen LogP contribution in [0.3, 0.4) is 0 Å². The van der Waals surface area contributed by atoms with Crippen LogP contribution in [0.1, 0.15) is 155 Å². The molecule has 0 amide bonds. The van der Waals surface area contributed by atoms with Crippen LogP contribution in [-0.4, -0.2) is 92.8 Å². The molecule has 0 fully saturated rings. The average Bonchev–Trinajstić information content (AvgIpc) is 3.19. The zero-order chi connectivity index (χ0) is 44.0. The fourth-order valence-electron chi connectivity index (χ4n) is 5.43. The fourth-order valence-corrected chi connectivity index (χ4v) is 6.59. The molecule has 0 aromatic rings. The summed E-state index contributed by atoms with van der Waals surface area (Å²) in [5.41, 5.74) is 0. The SMILES string of the molecule is CCCCC/C=C\C/C=C\C/C=C\CCCCC(=O)O[C@H](COC(=O)CCCCCCC[C@@H](O)[C@H](O)C/C=C\CCCCC)COP(=O)(O)OC[C@@H](O)COP(=O)(O)O. The first-order valence-corrected chi connectivity index (χ1v) is 24.5. The Balaban J connectivity index is 4.71. The van der Waals surface area contributed by atoms with Gasteiger partial charge in [0.05, 0.1) is 32.0 Å². The van der Waals surface area contributed by atoms with Crippen LogP contribution in [0.4, 0.5) is 0 Å². The molecule has 0 bridgehead atoms. The number of hydrogen-bond acceptors (Lipinski definition) is 12. The van der Waals surface area contributed by atoms with E-state index in [-0.39, 0.29) is 12.8 Å². The predicted molar refractivity (Wildman–Crippen MR) is 228 cm³/mol. The van der Waals surface area contributed by atoms with E-state index in [0.717, 1.165) is 77.0 Å². The first-order chi connectivity index (χ1) is 28.2. The van der Waals surface area contributed by atoms with Crippen LogP contribution >= 0.6 is 15.6 Å². The van der Waals surface area contributed by atoms with Crippen LogP contribution in [-0.2, 0) is 41.8 Å². The van der Waals surface area contributed by atoms with E-state index in [1.54, 1.807) is 0 Å². The van der Waals surface area contributed by atoms with Crippen molar-refractivity contribution in [3.05, 3.63) is 48.6 Å². The Kier molecular flexibility index (Phi) is 36.5. The van der Waals surface area contributed by atoms with Crippen molar-refractivity contribution >= 4 is 27.6 Å². The number of carbonyl (C=O) groups excluding carboxylic acids is 2. The van der Waals surface area contributed by atoms with Gasteiger partial charge in [-0.3, -0.25) is 23.2 Å². The third-order valence-corrected chi connectivity index (χ3v) is 10.3. The molecule has 0 aliphatic heterocycles. The molecule has 17 heteroatoms. The van der Waals surface area contributed by atoms with Gasteiger partial charge >= 0.3 is 27.6 Å². The molecule has 5 atom stereocenters. The molecule has 6 N–H and O–H groups in total. The summed E-state index contributed by atoms with van der Waals surface area (Å²) in [6, 6.07) is 0. The van der Waals surface area contributed by atoms with Gasteiger partial charge in [-0.25, -0.2) is 9.13 Å². The van der Waals surface area contributed by atoms with Gasteiger partial charge in [0.1, 0.15) is 12.7 Å². The summed E-state index contributed by atoms with van der Waals surface area (Å²) in [7, 11) is -9.74. The smallest absolute Gasteiger partial charge is 0.462 e. The van der Waals surface area contributed by atoms with Gasteiger partial charge in [0.25, 0.3) is 0 Å². The van der Waals surface area contributed by atoms with Gasteiger partial charge in [-0.15, -0.1) is 0 Å². The molecular formula is C42H76O15P2. The number of phosphoric acid groups is 2. The van der Waals surface area contributed by atoms with Crippen molar-refractivity contribution in [2.24, 2.45) is 0 Å². The van der Waals surface area contributed by atoms with Gasteiger partial charge in [0, 0.05) is 12.8 Å². The highest BCUT2D eigenvalue weighted by molar-refractivity contribution is 7.47. The Morgan fingerprint density at radius 2 is 1.03 bits per heavy atom. The second-order valence-corrected chi connectivity index (χ2v) is 17.3. The van der Waals surface area contributed by atoms with E-state index in [1.165, 1.54) is 25.7 Å². The average molecular weight is 883 g/mol. The van der Waals surface area contributed by atoms with E-state index < -0.39 is 78.4 Å². The third kappa shape index (κ3) is 39.9. The summed E-state index contributed by atoms with van der Waals surface area (Å²) in [4.78, 5) is 52.6.